The Bertz CT molecular complexity index is 7670. The zero-order valence-electron chi connectivity index (χ0n) is 81.0. The Morgan fingerprint density at radius 1 is 0.282 bits per heavy atom. The molecular weight excluding hydrogens is 1500 g/mol. The number of fused-ring (bicyclic) bond motifs is 21. The fraction of sp³-hybridized carbons (Fsp3) is 0.179. The number of aromatic nitrogens is 1. The maximum atomic E-state index is 10.3. The van der Waals surface area contributed by atoms with Gasteiger partial charge in [0.1, 0.15) is 11.5 Å². The van der Waals surface area contributed by atoms with E-state index in [2.05, 4.69) is 378 Å². The molecule has 0 saturated carbocycles. The molecule has 2 aliphatic carbocycles. The fourth-order valence-corrected chi connectivity index (χ4v) is 21.4. The summed E-state index contributed by atoms with van der Waals surface area (Å²) in [7, 11) is 0. The summed E-state index contributed by atoms with van der Waals surface area (Å²) < 4.78 is 89.4. The zero-order valence-corrected chi connectivity index (χ0v) is 73.0. The molecule has 0 amide bonds. The molecule has 1 aromatic heterocycles. The molecule has 0 N–H and O–H groups in total. The fourth-order valence-electron chi connectivity index (χ4n) is 21.4. The number of hydrogen-bond acceptors (Lipinski definition) is 4. The van der Waals surface area contributed by atoms with Crippen molar-refractivity contribution >= 4 is 119 Å². The number of para-hydroxylation sites is 4. The summed E-state index contributed by atoms with van der Waals surface area (Å²) in [5.41, 5.74) is 30.5. The number of benzene rings is 16. The molecule has 23 rings (SSSR count). The van der Waals surface area contributed by atoms with E-state index in [0.717, 1.165) is 150 Å². The minimum atomic E-state index is -1.72. The monoisotopic (exact) mass is 1610 g/mol. The number of rotatable bonds is 7. The molecule has 0 unspecified atom stereocenters. The topological polar surface area (TPSA) is 23.9 Å². The van der Waals surface area contributed by atoms with Gasteiger partial charge in [-0.15, -0.1) is 0 Å². The van der Waals surface area contributed by atoms with Gasteiger partial charge in [-0.25, -0.2) is 0 Å². The molecule has 5 heterocycles. The molecule has 16 aromatic carbocycles. The van der Waals surface area contributed by atoms with E-state index in [1.54, 1.807) is 0 Å². The predicted molar refractivity (Wildman–Crippen MR) is 527 cm³/mol. The third-order valence-corrected chi connectivity index (χ3v) is 27.5. The lowest BCUT2D eigenvalue weighted by molar-refractivity contribution is 0.488. The van der Waals surface area contributed by atoms with Crippen molar-refractivity contribution in [2.24, 2.45) is 0 Å². The van der Waals surface area contributed by atoms with Gasteiger partial charge in [0, 0.05) is 73.5 Å². The number of nitrogens with zero attached hydrogens (tertiary/aromatic N) is 4. The first-order valence-corrected chi connectivity index (χ1v) is 43.9. The Labute approximate surface area is 742 Å². The van der Waals surface area contributed by atoms with E-state index in [-0.39, 0.29) is 73.5 Å². The smallest absolute Gasteiger partial charge is 0.256 e. The molecule has 0 saturated heterocycles. The zero-order chi connectivity index (χ0) is 91.7. The van der Waals surface area contributed by atoms with E-state index in [0.29, 0.717) is 28.2 Å². The summed E-state index contributed by atoms with van der Waals surface area (Å²) in [5.74, 6) is 1.27. The van der Waals surface area contributed by atoms with Gasteiger partial charge in [-0.05, 0) is 239 Å². The Kier molecular flexibility index (Phi) is 14.6. The van der Waals surface area contributed by atoms with Gasteiger partial charge in [-0.1, -0.05) is 346 Å². The van der Waals surface area contributed by atoms with Crippen molar-refractivity contribution in [1.29, 1.82) is 0 Å². The van der Waals surface area contributed by atoms with E-state index in [4.69, 9.17) is 4.74 Å². The van der Waals surface area contributed by atoms with E-state index in [1.165, 1.54) is 27.8 Å². The molecule has 124 heavy (non-hydrogen) atoms. The van der Waals surface area contributed by atoms with Crippen LogP contribution in [0.3, 0.4) is 0 Å². The van der Waals surface area contributed by atoms with E-state index < -0.39 is 43.0 Å². The van der Waals surface area contributed by atoms with Crippen LogP contribution in [0.15, 0.2) is 333 Å². The highest BCUT2D eigenvalue weighted by Gasteiger charge is 2.54. The van der Waals surface area contributed by atoms with Gasteiger partial charge in [0.05, 0.1) is 38.8 Å². The molecule has 0 bridgehead atoms. The van der Waals surface area contributed by atoms with Crippen molar-refractivity contribution in [3.63, 3.8) is 0 Å². The first kappa shape index (κ1) is 67.2. The van der Waals surface area contributed by atoms with Crippen molar-refractivity contribution in [3.8, 4) is 72.8 Å². The van der Waals surface area contributed by atoms with Crippen LogP contribution in [0.25, 0.3) is 83.1 Å². The molecule has 1 spiro atoms. The molecule has 0 fully saturated rings. The second-order valence-electron chi connectivity index (χ2n) is 40.2. The Balaban J connectivity index is 0.871. The molecule has 17 aromatic rings. The summed E-state index contributed by atoms with van der Waals surface area (Å²) in [6.07, 6.45) is 0. The second-order valence-corrected chi connectivity index (χ2v) is 40.2. The first-order valence-electron chi connectivity index (χ1n) is 47.9. The minimum Gasteiger partial charge on any atom is -0.458 e. The molecule has 5 nitrogen and oxygen atoms in total. The maximum absolute atomic E-state index is 10.3. The predicted octanol–water partition coefficient (Wildman–Crippen LogP) is 27.1. The highest BCUT2D eigenvalue weighted by Crippen LogP contribution is 2.65. The van der Waals surface area contributed by atoms with Crippen LogP contribution in [-0.2, 0) is 32.5 Å². The van der Waals surface area contributed by atoms with Gasteiger partial charge in [-0.3, -0.25) is 0 Å². The average Bonchev–Trinajstić information content (AvgIpc) is 1.46. The summed E-state index contributed by atoms with van der Waals surface area (Å²) in [6.45, 7) is 33.8. The van der Waals surface area contributed by atoms with Crippen molar-refractivity contribution in [3.05, 3.63) is 384 Å². The number of anilines is 9. The lowest BCUT2D eigenvalue weighted by Crippen LogP contribution is -2.64. The van der Waals surface area contributed by atoms with Gasteiger partial charge in [0.25, 0.3) is 13.4 Å². The number of ether oxygens (including phenoxy) is 1. The normalized spacial score (nSPS) is 15.2. The summed E-state index contributed by atoms with van der Waals surface area (Å²) in [4.78, 5) is 7.69. The first-order chi connectivity index (χ1) is 63.0. The van der Waals surface area contributed by atoms with Gasteiger partial charge in [-0.2, -0.15) is 0 Å². The second kappa shape index (κ2) is 26.8. The highest BCUT2D eigenvalue weighted by molar-refractivity contribution is 7.02. The van der Waals surface area contributed by atoms with Crippen LogP contribution in [0, 0.1) is 0 Å². The van der Waals surface area contributed by atoms with Crippen LogP contribution in [0.5, 0.6) is 11.5 Å². The molecular formula is C117H100B2N4O. The molecule has 6 aliphatic rings. The number of hydrogen-bond donors (Lipinski definition) is 0. The SMILES string of the molecule is [2H]c1c([2H])c([2H])c2c(c1[2H])-c1c([2H])c([2H])c([2H])c([2H])c1C21c2ccccc2-c2cccc(-c3cc4c5c(c3)N(c3cc(C(C)(C)C)cc(C(C)(C)C)c3)c3ccccc3B5c3cc5c(cc3O4)N(c3c(-c4ccccc4)cc(C(C)(C)C)cc3-c3ccccc3)c3cc(-n4c6ccccc6c6ccccc64)cc4c3B5c3ccccc3N4c3cc(C(C)(C)C)cc(C(C)(C)C)c3)c21. The summed E-state index contributed by atoms with van der Waals surface area (Å²) in [5, 5.41) is 2.31. The van der Waals surface area contributed by atoms with Crippen molar-refractivity contribution in [2.45, 2.75) is 136 Å². The summed E-state index contributed by atoms with van der Waals surface area (Å²) in [6, 6.07) is 102. The molecule has 0 atom stereocenters. The van der Waals surface area contributed by atoms with Crippen LogP contribution < -0.4 is 52.2 Å². The standard InChI is InChI=1S/C117H100B2N4O/c1-112(2,3)74-59-75(113(4,5)6)62-79(61-74)121-101-56-35-31-52-95(101)119-97-69-96-102(70-106(97)124-107-58-73(57-103(121)110(107)119)82-46-36-47-88-85-43-24-29-50-93(85)117(108(82)88)91-48-27-22-41-83(91)84-42-23-28-49-92(84)117)123(111-89(71-37-18-16-19-38-71)65-78(116(13,14)15)66-90(111)72-39-20-17-21-40-72)105-68-81(120-98-53-32-25-44-86(98)87-45-26-33-54-99(87)120)67-104-109(105)118(96)94-51-30-34-55-100(94)122(104)80-63-76(114(7,8)9)60-77(64-80)115(10,11)12/h16-70H,1-15H3/i22D,23D,27D,28D,41D,42D,48D,49D. The molecule has 0 radical (unpaired) electrons. The third kappa shape index (κ3) is 11.2. The quantitative estimate of drug-likeness (QED) is 0.148. The summed E-state index contributed by atoms with van der Waals surface area (Å²) >= 11 is 0. The molecule has 600 valence electrons. The Morgan fingerprint density at radius 2 is 0.718 bits per heavy atom. The maximum Gasteiger partial charge on any atom is 0.256 e. The van der Waals surface area contributed by atoms with Crippen molar-refractivity contribution < 1.29 is 15.7 Å². The van der Waals surface area contributed by atoms with Crippen LogP contribution >= 0.6 is 0 Å². The third-order valence-electron chi connectivity index (χ3n) is 27.5. The van der Waals surface area contributed by atoms with Crippen LogP contribution in [0.4, 0.5) is 51.2 Å². The average molecular weight is 1610 g/mol. The van der Waals surface area contributed by atoms with Gasteiger partial charge < -0.3 is 24.0 Å². The van der Waals surface area contributed by atoms with Crippen LogP contribution in [0.2, 0.25) is 0 Å². The highest BCUT2D eigenvalue weighted by atomic mass is 16.5. The minimum absolute atomic E-state index is 0.0608. The van der Waals surface area contributed by atoms with E-state index in [9.17, 15) is 11.0 Å². The van der Waals surface area contributed by atoms with Crippen molar-refractivity contribution in [1.82, 2.24) is 4.57 Å². The van der Waals surface area contributed by atoms with Gasteiger partial charge in [0.15, 0.2) is 0 Å². The molecule has 4 aliphatic heterocycles. The van der Waals surface area contributed by atoms with E-state index >= 15 is 0 Å². The van der Waals surface area contributed by atoms with Gasteiger partial charge in [0.2, 0.25) is 0 Å². The largest absolute Gasteiger partial charge is 0.458 e. The Hall–Kier alpha value is -13.4. The Morgan fingerprint density at radius 3 is 1.25 bits per heavy atom. The van der Waals surface area contributed by atoms with E-state index in [1.807, 2.05) is 30.3 Å². The van der Waals surface area contributed by atoms with Crippen LogP contribution in [0.1, 0.15) is 165 Å². The van der Waals surface area contributed by atoms with Crippen LogP contribution in [-0.4, -0.2) is 18.0 Å². The molecule has 7 heteroatoms. The lowest BCUT2D eigenvalue weighted by Gasteiger charge is -2.46. The van der Waals surface area contributed by atoms with Gasteiger partial charge >= 0.3 is 0 Å². The van der Waals surface area contributed by atoms with Crippen molar-refractivity contribution in [2.75, 3.05) is 14.7 Å². The lowest BCUT2D eigenvalue weighted by atomic mass is 9.30.